The zero-order chi connectivity index (χ0) is 13.1. The number of para-hydroxylation sites is 1. The molecule has 0 fully saturated rings. The van der Waals surface area contributed by atoms with Crippen LogP contribution < -0.4 is 0 Å². The van der Waals surface area contributed by atoms with E-state index in [-0.39, 0.29) is 5.78 Å². The number of hydrogen-bond donors (Lipinski definition) is 0. The highest BCUT2D eigenvalue weighted by atomic mass is 16.3. The van der Waals surface area contributed by atoms with E-state index in [0.29, 0.717) is 5.76 Å². The van der Waals surface area contributed by atoms with Crippen LogP contribution in [0.15, 0.2) is 41.0 Å². The molecule has 0 spiro atoms. The first-order valence-corrected chi connectivity index (χ1v) is 6.03. The SMILES string of the molecule is CCc1c(C(=O)C=CN(C)C)oc2ccccc12. The summed E-state index contributed by atoms with van der Waals surface area (Å²) in [5.74, 6) is 0.369. The maximum atomic E-state index is 12.1. The number of furan rings is 1. The Morgan fingerprint density at radius 1 is 1.33 bits per heavy atom. The van der Waals surface area contributed by atoms with Crippen LogP contribution in [0, 0.1) is 0 Å². The molecule has 0 bridgehead atoms. The molecular formula is C15H17NO2. The van der Waals surface area contributed by atoms with Crippen molar-refractivity contribution in [1.29, 1.82) is 0 Å². The summed E-state index contributed by atoms with van der Waals surface area (Å²) in [4.78, 5) is 13.9. The zero-order valence-electron chi connectivity index (χ0n) is 10.9. The van der Waals surface area contributed by atoms with Gasteiger partial charge in [0.25, 0.3) is 0 Å². The van der Waals surface area contributed by atoms with Crippen molar-refractivity contribution in [3.8, 4) is 0 Å². The molecule has 1 aromatic carbocycles. The molecule has 3 heteroatoms. The number of rotatable bonds is 4. The minimum atomic E-state index is -0.0863. The second-order valence-corrected chi connectivity index (χ2v) is 4.40. The van der Waals surface area contributed by atoms with Crippen LogP contribution >= 0.6 is 0 Å². The highest BCUT2D eigenvalue weighted by Gasteiger charge is 2.16. The summed E-state index contributed by atoms with van der Waals surface area (Å²) in [6.45, 7) is 2.03. The lowest BCUT2D eigenvalue weighted by Gasteiger charge is -2.02. The van der Waals surface area contributed by atoms with Crippen LogP contribution in [-0.4, -0.2) is 24.8 Å². The minimum Gasteiger partial charge on any atom is -0.452 e. The number of allylic oxidation sites excluding steroid dienone is 1. The Kier molecular flexibility index (Phi) is 3.51. The van der Waals surface area contributed by atoms with Crippen molar-refractivity contribution >= 4 is 16.8 Å². The first-order valence-electron chi connectivity index (χ1n) is 6.03. The van der Waals surface area contributed by atoms with Crippen LogP contribution in [-0.2, 0) is 6.42 Å². The molecule has 0 amide bonds. The first-order chi connectivity index (χ1) is 8.63. The van der Waals surface area contributed by atoms with E-state index in [0.717, 1.165) is 23.0 Å². The van der Waals surface area contributed by atoms with Crippen LogP contribution in [0.3, 0.4) is 0 Å². The molecule has 0 saturated heterocycles. The second-order valence-electron chi connectivity index (χ2n) is 4.40. The highest BCUT2D eigenvalue weighted by molar-refractivity contribution is 6.06. The number of carbonyl (C=O) groups is 1. The van der Waals surface area contributed by atoms with Gasteiger partial charge in [0, 0.05) is 37.3 Å². The van der Waals surface area contributed by atoms with E-state index in [2.05, 4.69) is 0 Å². The minimum absolute atomic E-state index is 0.0863. The Morgan fingerprint density at radius 2 is 2.06 bits per heavy atom. The molecule has 94 valence electrons. The van der Waals surface area contributed by atoms with Gasteiger partial charge >= 0.3 is 0 Å². The molecule has 0 aliphatic rings. The van der Waals surface area contributed by atoms with E-state index >= 15 is 0 Å². The fraction of sp³-hybridized carbons (Fsp3) is 0.267. The maximum Gasteiger partial charge on any atom is 0.222 e. The van der Waals surface area contributed by atoms with Crippen LogP contribution in [0.2, 0.25) is 0 Å². The summed E-state index contributed by atoms with van der Waals surface area (Å²) in [6, 6.07) is 7.75. The molecule has 0 radical (unpaired) electrons. The molecule has 0 atom stereocenters. The quantitative estimate of drug-likeness (QED) is 0.610. The van der Waals surface area contributed by atoms with E-state index in [1.807, 2.05) is 50.2 Å². The van der Waals surface area contributed by atoms with E-state index < -0.39 is 0 Å². The van der Waals surface area contributed by atoms with Crippen molar-refractivity contribution in [3.05, 3.63) is 47.9 Å². The van der Waals surface area contributed by atoms with Crippen molar-refractivity contribution in [3.63, 3.8) is 0 Å². The van der Waals surface area contributed by atoms with Crippen molar-refractivity contribution < 1.29 is 9.21 Å². The summed E-state index contributed by atoms with van der Waals surface area (Å²) in [5, 5.41) is 1.03. The lowest BCUT2D eigenvalue weighted by Crippen LogP contribution is -2.03. The number of aryl methyl sites for hydroxylation is 1. The third kappa shape index (κ3) is 2.30. The van der Waals surface area contributed by atoms with Crippen LogP contribution in [0.5, 0.6) is 0 Å². The fourth-order valence-electron chi connectivity index (χ4n) is 1.94. The van der Waals surface area contributed by atoms with Crippen molar-refractivity contribution in [1.82, 2.24) is 4.90 Å². The number of hydrogen-bond acceptors (Lipinski definition) is 3. The summed E-state index contributed by atoms with van der Waals surface area (Å²) < 4.78 is 5.66. The molecule has 0 aliphatic carbocycles. The van der Waals surface area contributed by atoms with Crippen LogP contribution in [0.4, 0.5) is 0 Å². The molecule has 0 unspecified atom stereocenters. The van der Waals surface area contributed by atoms with Gasteiger partial charge in [-0.1, -0.05) is 25.1 Å². The second kappa shape index (κ2) is 5.08. The molecule has 18 heavy (non-hydrogen) atoms. The Morgan fingerprint density at radius 3 is 2.72 bits per heavy atom. The predicted octanol–water partition coefficient (Wildman–Crippen LogP) is 3.25. The molecule has 2 rings (SSSR count). The molecule has 0 N–H and O–H groups in total. The first kappa shape index (κ1) is 12.4. The summed E-state index contributed by atoms with van der Waals surface area (Å²) in [6.07, 6.45) is 4.06. The van der Waals surface area contributed by atoms with Gasteiger partial charge in [0.2, 0.25) is 5.78 Å². The number of nitrogens with zero attached hydrogens (tertiary/aromatic N) is 1. The molecule has 1 heterocycles. The molecule has 0 saturated carbocycles. The van der Waals surface area contributed by atoms with Gasteiger partial charge in [-0.3, -0.25) is 4.79 Å². The van der Waals surface area contributed by atoms with Gasteiger partial charge in [0.15, 0.2) is 5.76 Å². The van der Waals surface area contributed by atoms with Gasteiger partial charge in [-0.05, 0) is 12.5 Å². The predicted molar refractivity (Wildman–Crippen MR) is 72.7 cm³/mol. The third-order valence-electron chi connectivity index (χ3n) is 2.80. The van der Waals surface area contributed by atoms with Gasteiger partial charge in [-0.25, -0.2) is 0 Å². The maximum absolute atomic E-state index is 12.1. The molecule has 2 aromatic rings. The highest BCUT2D eigenvalue weighted by Crippen LogP contribution is 2.26. The smallest absolute Gasteiger partial charge is 0.222 e. The van der Waals surface area contributed by atoms with Gasteiger partial charge in [0.05, 0.1) is 0 Å². The largest absolute Gasteiger partial charge is 0.452 e. The van der Waals surface area contributed by atoms with E-state index in [1.54, 1.807) is 6.20 Å². The van der Waals surface area contributed by atoms with Gasteiger partial charge < -0.3 is 9.32 Å². The lowest BCUT2D eigenvalue weighted by molar-refractivity contribution is 0.102. The number of carbonyl (C=O) groups excluding carboxylic acids is 1. The molecule has 1 aromatic heterocycles. The average Bonchev–Trinajstić information content (AvgIpc) is 2.74. The summed E-state index contributed by atoms with van der Waals surface area (Å²) in [7, 11) is 3.76. The molecule has 3 nitrogen and oxygen atoms in total. The lowest BCUT2D eigenvalue weighted by atomic mass is 10.1. The van der Waals surface area contributed by atoms with Gasteiger partial charge in [-0.15, -0.1) is 0 Å². The molecular weight excluding hydrogens is 226 g/mol. The molecule has 0 aliphatic heterocycles. The van der Waals surface area contributed by atoms with Gasteiger partial charge in [0.1, 0.15) is 5.58 Å². The number of benzene rings is 1. The Hall–Kier alpha value is -2.03. The fourth-order valence-corrected chi connectivity index (χ4v) is 1.94. The van der Waals surface area contributed by atoms with E-state index in [9.17, 15) is 4.79 Å². The Labute approximate surface area is 107 Å². The topological polar surface area (TPSA) is 33.5 Å². The normalized spacial score (nSPS) is 11.3. The van der Waals surface area contributed by atoms with Crippen LogP contribution in [0.1, 0.15) is 23.0 Å². The van der Waals surface area contributed by atoms with Crippen molar-refractivity contribution in [2.45, 2.75) is 13.3 Å². The van der Waals surface area contributed by atoms with E-state index in [1.165, 1.54) is 6.08 Å². The monoisotopic (exact) mass is 243 g/mol. The number of ketones is 1. The zero-order valence-corrected chi connectivity index (χ0v) is 10.9. The van der Waals surface area contributed by atoms with Crippen molar-refractivity contribution in [2.24, 2.45) is 0 Å². The standard InChI is InChI=1S/C15H17NO2/c1-4-11-12-7-5-6-8-14(12)18-15(11)13(17)9-10-16(2)3/h5-10H,4H2,1-3H3. The Balaban J connectivity index is 2.47. The van der Waals surface area contributed by atoms with E-state index in [4.69, 9.17) is 4.42 Å². The average molecular weight is 243 g/mol. The third-order valence-corrected chi connectivity index (χ3v) is 2.80. The summed E-state index contributed by atoms with van der Waals surface area (Å²) in [5.41, 5.74) is 1.76. The summed E-state index contributed by atoms with van der Waals surface area (Å²) >= 11 is 0. The van der Waals surface area contributed by atoms with Crippen LogP contribution in [0.25, 0.3) is 11.0 Å². The Bertz CT molecular complexity index is 594. The number of fused-ring (bicyclic) bond motifs is 1. The van der Waals surface area contributed by atoms with Crippen molar-refractivity contribution in [2.75, 3.05) is 14.1 Å². The van der Waals surface area contributed by atoms with Gasteiger partial charge in [-0.2, -0.15) is 0 Å².